The van der Waals surface area contributed by atoms with E-state index in [1.807, 2.05) is 13.8 Å². The molecule has 3 N–H and O–H groups in total. The van der Waals surface area contributed by atoms with Crippen molar-refractivity contribution in [3.63, 3.8) is 0 Å². The third-order valence-electron chi connectivity index (χ3n) is 4.90. The van der Waals surface area contributed by atoms with Crippen molar-refractivity contribution in [2.24, 2.45) is 5.92 Å². The van der Waals surface area contributed by atoms with Crippen LogP contribution in [0.1, 0.15) is 74.7 Å². The molecular formula is C26H45N3O7S. The molecule has 0 aliphatic rings. The maximum atomic E-state index is 13.5. The number of unbranched alkanes of at least 4 members (excludes halogenated alkanes) is 1. The Morgan fingerprint density at radius 1 is 0.946 bits per heavy atom. The molecule has 0 radical (unpaired) electrons. The average Bonchev–Trinajstić information content (AvgIpc) is 2.72. The van der Waals surface area contributed by atoms with Crippen LogP contribution in [0.3, 0.4) is 0 Å². The Balaban J connectivity index is 2.87. The molecule has 212 valence electrons. The highest BCUT2D eigenvalue weighted by Crippen LogP contribution is 2.24. The van der Waals surface area contributed by atoms with E-state index in [9.17, 15) is 23.1 Å². The van der Waals surface area contributed by atoms with Gasteiger partial charge in [-0.25, -0.2) is 18.0 Å². The number of amides is 2. The lowest BCUT2D eigenvalue weighted by atomic mass is 10.1. The zero-order chi connectivity index (χ0) is 28.4. The molecule has 1 aromatic rings. The van der Waals surface area contributed by atoms with E-state index < -0.39 is 39.5 Å². The molecule has 0 bridgehead atoms. The molecule has 10 nitrogen and oxygen atoms in total. The first-order chi connectivity index (χ1) is 16.9. The fourth-order valence-electron chi connectivity index (χ4n) is 3.41. The third-order valence-corrected chi connectivity index (χ3v) is 6.83. The van der Waals surface area contributed by atoms with Crippen LogP contribution >= 0.6 is 0 Å². The number of rotatable bonds is 12. The van der Waals surface area contributed by atoms with E-state index in [1.54, 1.807) is 41.5 Å². The van der Waals surface area contributed by atoms with E-state index in [-0.39, 0.29) is 24.0 Å². The SMILES string of the molecule is CC(C)CN([C@H](CO)CCCCNC(=O)OC(C)(C)C)S(=O)(=O)c1ccc(NC(=O)OC(C)(C)C)cc1. The Labute approximate surface area is 222 Å². The number of carbonyl (C=O) groups excluding carboxylic acids is 2. The topological polar surface area (TPSA) is 134 Å². The number of sulfonamides is 1. The summed E-state index contributed by atoms with van der Waals surface area (Å²) in [5.74, 6) is 0.0331. The fraction of sp³-hybridized carbons (Fsp3) is 0.692. The summed E-state index contributed by atoms with van der Waals surface area (Å²) in [6, 6.07) is 5.23. The average molecular weight is 544 g/mol. The normalized spacial score (nSPS) is 13.4. The van der Waals surface area contributed by atoms with E-state index in [2.05, 4.69) is 10.6 Å². The summed E-state index contributed by atoms with van der Waals surface area (Å²) in [6.07, 6.45) is 0.502. The van der Waals surface area contributed by atoms with Crippen molar-refractivity contribution >= 4 is 27.9 Å². The highest BCUT2D eigenvalue weighted by atomic mass is 32.2. The van der Waals surface area contributed by atoms with Crippen LogP contribution < -0.4 is 10.6 Å². The highest BCUT2D eigenvalue weighted by molar-refractivity contribution is 7.89. The van der Waals surface area contributed by atoms with Gasteiger partial charge in [0.15, 0.2) is 0 Å². The van der Waals surface area contributed by atoms with Gasteiger partial charge >= 0.3 is 12.2 Å². The van der Waals surface area contributed by atoms with Crippen LogP contribution in [-0.4, -0.2) is 67.0 Å². The Morgan fingerprint density at radius 3 is 1.97 bits per heavy atom. The molecular weight excluding hydrogens is 498 g/mol. The molecule has 1 aromatic carbocycles. The molecule has 0 spiro atoms. The molecule has 11 heteroatoms. The number of hydrogen-bond donors (Lipinski definition) is 3. The molecule has 0 saturated heterocycles. The second kappa shape index (κ2) is 14.0. The summed E-state index contributed by atoms with van der Waals surface area (Å²) in [5, 5.41) is 15.3. The number of aliphatic hydroxyl groups excluding tert-OH is 1. The number of nitrogens with zero attached hydrogens (tertiary/aromatic N) is 1. The fourth-order valence-corrected chi connectivity index (χ4v) is 5.22. The van der Waals surface area contributed by atoms with Crippen LogP contribution in [0.2, 0.25) is 0 Å². The molecule has 1 atom stereocenters. The van der Waals surface area contributed by atoms with Crippen LogP contribution in [0.4, 0.5) is 15.3 Å². The molecule has 0 aromatic heterocycles. The van der Waals surface area contributed by atoms with Crippen LogP contribution in [0.5, 0.6) is 0 Å². The van der Waals surface area contributed by atoms with Gasteiger partial charge in [-0.15, -0.1) is 0 Å². The van der Waals surface area contributed by atoms with Gasteiger partial charge < -0.3 is 19.9 Å². The van der Waals surface area contributed by atoms with E-state index in [0.717, 1.165) is 0 Å². The first-order valence-corrected chi connectivity index (χ1v) is 14.1. The summed E-state index contributed by atoms with van der Waals surface area (Å²) in [7, 11) is -3.92. The smallest absolute Gasteiger partial charge is 0.412 e. The summed E-state index contributed by atoms with van der Waals surface area (Å²) >= 11 is 0. The Bertz CT molecular complexity index is 965. The van der Waals surface area contributed by atoms with Crippen LogP contribution in [0, 0.1) is 5.92 Å². The lowest BCUT2D eigenvalue weighted by Crippen LogP contribution is -2.44. The number of aliphatic hydroxyl groups is 1. The lowest BCUT2D eigenvalue weighted by molar-refractivity contribution is 0.0525. The largest absolute Gasteiger partial charge is 0.444 e. The van der Waals surface area contributed by atoms with Gasteiger partial charge in [0.05, 0.1) is 11.5 Å². The van der Waals surface area contributed by atoms with Crippen molar-refractivity contribution in [3.05, 3.63) is 24.3 Å². The zero-order valence-corrected chi connectivity index (χ0v) is 24.3. The van der Waals surface area contributed by atoms with Gasteiger partial charge in [-0.05, 0) is 84.6 Å². The summed E-state index contributed by atoms with van der Waals surface area (Å²) < 4.78 is 38.8. The standard InChI is InChI=1S/C26H45N3O7S/c1-19(2)17-29(21(18-30)11-9-10-16-27-23(31)35-25(3,4)5)37(33,34)22-14-12-20(13-15-22)28-24(32)36-26(6,7)8/h12-15,19,21,30H,9-11,16-18H2,1-8H3,(H,27,31)(H,28,32)/t21-/m0/s1. The van der Waals surface area contributed by atoms with Gasteiger partial charge in [-0.2, -0.15) is 4.31 Å². The molecule has 1 rings (SSSR count). The minimum Gasteiger partial charge on any atom is -0.444 e. The van der Waals surface area contributed by atoms with Gasteiger partial charge in [0, 0.05) is 24.8 Å². The van der Waals surface area contributed by atoms with Crippen LogP contribution in [-0.2, 0) is 19.5 Å². The molecule has 0 saturated carbocycles. The second-order valence-electron chi connectivity index (χ2n) is 11.4. The number of hydrogen-bond acceptors (Lipinski definition) is 7. The molecule has 2 amide bonds. The predicted molar refractivity (Wildman–Crippen MR) is 144 cm³/mol. The van der Waals surface area contributed by atoms with Crippen molar-refractivity contribution in [2.75, 3.05) is 25.0 Å². The third kappa shape index (κ3) is 12.6. The van der Waals surface area contributed by atoms with Gasteiger partial charge in [0.2, 0.25) is 10.0 Å². The molecule has 0 aliphatic heterocycles. The second-order valence-corrected chi connectivity index (χ2v) is 13.3. The molecule has 0 aliphatic carbocycles. The molecule has 0 heterocycles. The zero-order valence-electron chi connectivity index (χ0n) is 23.5. The van der Waals surface area contributed by atoms with Crippen molar-refractivity contribution < 1.29 is 32.6 Å². The number of benzene rings is 1. The van der Waals surface area contributed by atoms with Gasteiger partial charge in [0.1, 0.15) is 11.2 Å². The lowest BCUT2D eigenvalue weighted by Gasteiger charge is -2.31. The summed E-state index contributed by atoms with van der Waals surface area (Å²) in [6.45, 7) is 14.7. The number of alkyl carbamates (subject to hydrolysis) is 1. The van der Waals surface area contributed by atoms with Crippen LogP contribution in [0.15, 0.2) is 29.2 Å². The van der Waals surface area contributed by atoms with Crippen molar-refractivity contribution in [3.8, 4) is 0 Å². The number of ether oxygens (including phenoxy) is 2. The van der Waals surface area contributed by atoms with Gasteiger partial charge in [0.25, 0.3) is 0 Å². The van der Waals surface area contributed by atoms with E-state index >= 15 is 0 Å². The van der Waals surface area contributed by atoms with Crippen molar-refractivity contribution in [1.82, 2.24) is 9.62 Å². The summed E-state index contributed by atoms with van der Waals surface area (Å²) in [5.41, 5.74) is -0.836. The van der Waals surface area contributed by atoms with Crippen LogP contribution in [0.25, 0.3) is 0 Å². The van der Waals surface area contributed by atoms with Gasteiger partial charge in [-0.3, -0.25) is 5.32 Å². The predicted octanol–water partition coefficient (Wildman–Crippen LogP) is 4.74. The number of anilines is 1. The maximum Gasteiger partial charge on any atom is 0.412 e. The molecule has 0 unspecified atom stereocenters. The number of nitrogens with one attached hydrogen (secondary N) is 2. The number of carbonyl (C=O) groups is 2. The van der Waals surface area contributed by atoms with Crippen molar-refractivity contribution in [1.29, 1.82) is 0 Å². The Morgan fingerprint density at radius 2 is 1.49 bits per heavy atom. The quantitative estimate of drug-likeness (QED) is 0.324. The first-order valence-electron chi connectivity index (χ1n) is 12.6. The monoisotopic (exact) mass is 543 g/mol. The molecule has 0 fully saturated rings. The Kier molecular flexibility index (Phi) is 12.3. The minimum absolute atomic E-state index is 0.0331. The van der Waals surface area contributed by atoms with Gasteiger partial charge in [-0.1, -0.05) is 20.3 Å². The molecule has 37 heavy (non-hydrogen) atoms. The van der Waals surface area contributed by atoms with E-state index in [0.29, 0.717) is 31.5 Å². The minimum atomic E-state index is -3.92. The first kappa shape index (κ1) is 32.7. The van der Waals surface area contributed by atoms with Crippen molar-refractivity contribution in [2.45, 2.75) is 96.8 Å². The Hall–Kier alpha value is -2.37. The maximum absolute atomic E-state index is 13.5. The summed E-state index contributed by atoms with van der Waals surface area (Å²) in [4.78, 5) is 23.8. The highest BCUT2D eigenvalue weighted by Gasteiger charge is 2.31. The van der Waals surface area contributed by atoms with E-state index in [4.69, 9.17) is 9.47 Å². The van der Waals surface area contributed by atoms with E-state index in [1.165, 1.54) is 28.6 Å².